The second-order valence-electron chi connectivity index (χ2n) is 2.27. The lowest BCUT2D eigenvalue weighted by atomic mass is 10.3. The standard InChI is InChI=1S/C5H4F3N3O2/c6-5(7,8)4-1-3(9-10-4)2-11(12)13/h1H,2H2,(H,9,10). The van der Waals surface area contributed by atoms with E-state index in [4.69, 9.17) is 0 Å². The first-order valence-electron chi connectivity index (χ1n) is 3.13. The van der Waals surface area contributed by atoms with Gasteiger partial charge in [-0.25, -0.2) is 0 Å². The lowest BCUT2D eigenvalue weighted by molar-refractivity contribution is -0.497. The lowest BCUT2D eigenvalue weighted by Crippen LogP contribution is -2.04. The third-order valence-corrected chi connectivity index (χ3v) is 1.22. The number of H-pyrrole nitrogens is 1. The smallest absolute Gasteiger partial charge is 0.275 e. The molecule has 1 aromatic heterocycles. The van der Waals surface area contributed by atoms with E-state index in [1.165, 1.54) is 0 Å². The zero-order valence-corrected chi connectivity index (χ0v) is 6.13. The summed E-state index contributed by atoms with van der Waals surface area (Å²) in [7, 11) is 0. The molecule has 0 aliphatic heterocycles. The molecule has 0 radical (unpaired) electrons. The summed E-state index contributed by atoms with van der Waals surface area (Å²) in [4.78, 5) is 9.16. The molecule has 0 aromatic carbocycles. The zero-order valence-electron chi connectivity index (χ0n) is 6.13. The zero-order chi connectivity index (χ0) is 10.1. The van der Waals surface area contributed by atoms with Crippen LogP contribution >= 0.6 is 0 Å². The van der Waals surface area contributed by atoms with Crippen molar-refractivity contribution in [1.82, 2.24) is 10.2 Å². The monoisotopic (exact) mass is 195 g/mol. The van der Waals surface area contributed by atoms with Gasteiger partial charge in [0.25, 0.3) is 0 Å². The first-order valence-corrected chi connectivity index (χ1v) is 3.13. The van der Waals surface area contributed by atoms with E-state index >= 15 is 0 Å². The number of aromatic amines is 1. The summed E-state index contributed by atoms with van der Waals surface area (Å²) in [6.45, 7) is -0.691. The predicted octanol–water partition coefficient (Wildman–Crippen LogP) is 1.21. The molecule has 1 aromatic rings. The van der Waals surface area contributed by atoms with Crippen molar-refractivity contribution in [3.63, 3.8) is 0 Å². The molecule has 1 heterocycles. The number of nitro groups is 1. The molecule has 0 saturated heterocycles. The summed E-state index contributed by atoms with van der Waals surface area (Å²) in [5.74, 6) is 0. The van der Waals surface area contributed by atoms with Crippen LogP contribution in [0.1, 0.15) is 11.4 Å². The molecule has 0 aliphatic rings. The minimum Gasteiger partial charge on any atom is -0.275 e. The van der Waals surface area contributed by atoms with Crippen molar-refractivity contribution in [2.24, 2.45) is 0 Å². The molecule has 8 heteroatoms. The van der Waals surface area contributed by atoms with Crippen LogP contribution in [0.3, 0.4) is 0 Å². The summed E-state index contributed by atoms with van der Waals surface area (Å²) in [5, 5.41) is 14.7. The highest BCUT2D eigenvalue weighted by atomic mass is 19.4. The highest BCUT2D eigenvalue weighted by Gasteiger charge is 2.34. The molecule has 1 N–H and O–H groups in total. The fourth-order valence-corrected chi connectivity index (χ4v) is 0.727. The molecule has 1 rings (SSSR count). The fraction of sp³-hybridized carbons (Fsp3) is 0.400. The van der Waals surface area contributed by atoms with Gasteiger partial charge in [-0.3, -0.25) is 15.2 Å². The molecule has 0 saturated carbocycles. The van der Waals surface area contributed by atoms with Gasteiger partial charge in [0, 0.05) is 4.92 Å². The molecule has 72 valence electrons. The van der Waals surface area contributed by atoms with E-state index < -0.39 is 23.3 Å². The maximum absolute atomic E-state index is 11.9. The van der Waals surface area contributed by atoms with Crippen molar-refractivity contribution in [2.45, 2.75) is 12.7 Å². The normalized spacial score (nSPS) is 11.6. The lowest BCUT2D eigenvalue weighted by Gasteiger charge is -1.98. The Morgan fingerprint density at radius 2 is 2.23 bits per heavy atom. The van der Waals surface area contributed by atoms with Crippen LogP contribution in [0.15, 0.2) is 6.07 Å². The summed E-state index contributed by atoms with van der Waals surface area (Å²) >= 11 is 0. The van der Waals surface area contributed by atoms with Crippen LogP contribution in [-0.4, -0.2) is 15.1 Å². The van der Waals surface area contributed by atoms with Crippen molar-refractivity contribution in [2.75, 3.05) is 0 Å². The van der Waals surface area contributed by atoms with Crippen molar-refractivity contribution >= 4 is 0 Å². The molecular formula is C5H4F3N3O2. The van der Waals surface area contributed by atoms with E-state index in [0.717, 1.165) is 0 Å². The SMILES string of the molecule is O=[N+]([O-])Cc1cc(C(F)(F)F)n[nH]1. The van der Waals surface area contributed by atoms with Gasteiger partial charge in [0.1, 0.15) is 5.69 Å². The molecule has 13 heavy (non-hydrogen) atoms. The maximum atomic E-state index is 11.9. The van der Waals surface area contributed by atoms with Gasteiger partial charge in [0.2, 0.25) is 6.54 Å². The number of hydrogen-bond acceptors (Lipinski definition) is 3. The Morgan fingerprint density at radius 1 is 1.62 bits per heavy atom. The molecule has 5 nitrogen and oxygen atoms in total. The minimum absolute atomic E-state index is 0.169. The van der Waals surface area contributed by atoms with Gasteiger partial charge in [-0.2, -0.15) is 18.3 Å². The predicted molar refractivity (Wildman–Crippen MR) is 34.3 cm³/mol. The van der Waals surface area contributed by atoms with Crippen molar-refractivity contribution in [1.29, 1.82) is 0 Å². The number of nitrogens with one attached hydrogen (secondary N) is 1. The third kappa shape index (κ3) is 2.42. The van der Waals surface area contributed by atoms with E-state index in [1.807, 2.05) is 5.10 Å². The summed E-state index contributed by atoms with van der Waals surface area (Å²) < 4.78 is 35.7. The molecule has 0 unspecified atom stereocenters. The van der Waals surface area contributed by atoms with Gasteiger partial charge in [-0.1, -0.05) is 0 Å². The molecular weight excluding hydrogens is 191 g/mol. The topological polar surface area (TPSA) is 71.8 Å². The van der Waals surface area contributed by atoms with E-state index in [1.54, 1.807) is 0 Å². The number of rotatable bonds is 2. The van der Waals surface area contributed by atoms with Crippen molar-refractivity contribution in [3.8, 4) is 0 Å². The molecule has 0 spiro atoms. The molecule has 0 amide bonds. The first kappa shape index (κ1) is 9.49. The van der Waals surface area contributed by atoms with Crippen LogP contribution in [0, 0.1) is 10.1 Å². The Kier molecular flexibility index (Phi) is 2.22. The Hall–Kier alpha value is -1.60. The van der Waals surface area contributed by atoms with Crippen LogP contribution < -0.4 is 0 Å². The van der Waals surface area contributed by atoms with Crippen molar-refractivity contribution < 1.29 is 18.1 Å². The van der Waals surface area contributed by atoms with Crippen LogP contribution in [0.2, 0.25) is 0 Å². The Morgan fingerprint density at radius 3 is 2.62 bits per heavy atom. The van der Waals surface area contributed by atoms with Crippen molar-refractivity contribution in [3.05, 3.63) is 27.6 Å². The van der Waals surface area contributed by atoms with Crippen LogP contribution in [0.5, 0.6) is 0 Å². The van der Waals surface area contributed by atoms with Gasteiger partial charge < -0.3 is 0 Å². The second kappa shape index (κ2) is 3.04. The second-order valence-corrected chi connectivity index (χ2v) is 2.27. The quantitative estimate of drug-likeness (QED) is 0.569. The minimum atomic E-state index is -4.56. The largest absolute Gasteiger partial charge is 0.435 e. The van der Waals surface area contributed by atoms with Crippen LogP contribution in [0.25, 0.3) is 0 Å². The van der Waals surface area contributed by atoms with Gasteiger partial charge in [-0.05, 0) is 6.07 Å². The van der Waals surface area contributed by atoms with Gasteiger partial charge >= 0.3 is 6.18 Å². The van der Waals surface area contributed by atoms with E-state index in [-0.39, 0.29) is 5.69 Å². The maximum Gasteiger partial charge on any atom is 0.435 e. The average Bonchev–Trinajstić information content (AvgIpc) is 2.32. The van der Waals surface area contributed by atoms with Gasteiger partial charge in [-0.15, -0.1) is 0 Å². The van der Waals surface area contributed by atoms with Gasteiger partial charge in [0.15, 0.2) is 5.69 Å². The summed E-state index contributed by atoms with van der Waals surface area (Å²) in [6, 6.07) is 0.614. The number of alkyl halides is 3. The number of nitrogens with zero attached hydrogens (tertiary/aromatic N) is 2. The fourth-order valence-electron chi connectivity index (χ4n) is 0.727. The van der Waals surface area contributed by atoms with Gasteiger partial charge in [0.05, 0.1) is 0 Å². The summed E-state index contributed by atoms with van der Waals surface area (Å²) in [5.41, 5.74) is -1.32. The molecule has 0 atom stereocenters. The van der Waals surface area contributed by atoms with E-state index in [9.17, 15) is 23.3 Å². The van der Waals surface area contributed by atoms with E-state index in [2.05, 4.69) is 5.10 Å². The Bertz CT molecular complexity index is 319. The highest BCUT2D eigenvalue weighted by molar-refractivity contribution is 5.10. The Balaban J connectivity index is 2.81. The molecule has 0 bridgehead atoms. The number of hydrogen-bond donors (Lipinski definition) is 1. The van der Waals surface area contributed by atoms with Crippen LogP contribution in [-0.2, 0) is 12.7 Å². The van der Waals surface area contributed by atoms with Crippen LogP contribution in [0.4, 0.5) is 13.2 Å². The Labute approximate surface area is 69.7 Å². The summed E-state index contributed by atoms with van der Waals surface area (Å²) in [6.07, 6.45) is -4.56. The number of halogens is 3. The number of aromatic nitrogens is 2. The van der Waals surface area contributed by atoms with E-state index in [0.29, 0.717) is 6.07 Å². The molecule has 0 fully saturated rings. The highest BCUT2D eigenvalue weighted by Crippen LogP contribution is 2.27. The molecule has 0 aliphatic carbocycles. The first-order chi connectivity index (χ1) is 5.89. The average molecular weight is 195 g/mol. The third-order valence-electron chi connectivity index (χ3n) is 1.22.